The Hall–Kier alpha value is -2.64. The minimum absolute atomic E-state index is 0.0849. The van der Waals surface area contributed by atoms with E-state index in [4.69, 9.17) is 0 Å². The zero-order valence-electron chi connectivity index (χ0n) is 17.5. The number of carbonyl (C=O) groups is 1. The fraction of sp³-hybridized carbons (Fsp3) is 0.261. The van der Waals surface area contributed by atoms with E-state index in [-0.39, 0.29) is 16.2 Å². The van der Waals surface area contributed by atoms with Gasteiger partial charge in [0, 0.05) is 12.6 Å². The summed E-state index contributed by atoms with van der Waals surface area (Å²) in [6.45, 7) is 6.16. The Morgan fingerprint density at radius 1 is 1.07 bits per heavy atom. The first kappa shape index (κ1) is 22.1. The van der Waals surface area contributed by atoms with Crippen LogP contribution in [-0.4, -0.2) is 21.4 Å². The summed E-state index contributed by atoms with van der Waals surface area (Å²) in [6.07, 6.45) is 0.772. The van der Waals surface area contributed by atoms with Crippen LogP contribution in [0.5, 0.6) is 0 Å². The lowest BCUT2D eigenvalue weighted by Gasteiger charge is -2.20. The standard InChI is InChI=1S/C23H26N2O3S2/c1-5-21(19-9-8-16(2)17(3)15-19)24-23(26)18-10-12-20(13-11-18)25(4)30(27,28)22-7-6-14-29-22/h6-15,21H,5H2,1-4H3,(H,24,26). The Balaban J connectivity index is 1.75. The number of benzene rings is 2. The molecule has 2 aromatic carbocycles. The number of sulfonamides is 1. The van der Waals surface area contributed by atoms with Gasteiger partial charge in [0.25, 0.3) is 15.9 Å². The second-order valence-corrected chi connectivity index (χ2v) is 10.4. The minimum atomic E-state index is -3.60. The molecular formula is C23H26N2O3S2. The van der Waals surface area contributed by atoms with Crippen molar-refractivity contribution < 1.29 is 13.2 Å². The molecule has 0 aliphatic heterocycles. The number of aryl methyl sites for hydroxylation is 2. The Bertz CT molecular complexity index is 1120. The summed E-state index contributed by atoms with van der Waals surface area (Å²) in [5.74, 6) is -0.185. The summed E-state index contributed by atoms with van der Waals surface area (Å²) in [5.41, 5.74) is 4.48. The number of amides is 1. The summed E-state index contributed by atoms with van der Waals surface area (Å²) < 4.78 is 26.8. The fourth-order valence-corrected chi connectivity index (χ4v) is 5.51. The molecule has 1 aromatic heterocycles. The van der Waals surface area contributed by atoms with Crippen molar-refractivity contribution in [3.8, 4) is 0 Å². The zero-order chi connectivity index (χ0) is 21.9. The highest BCUT2D eigenvalue weighted by Gasteiger charge is 2.22. The fourth-order valence-electron chi connectivity index (χ4n) is 3.15. The van der Waals surface area contributed by atoms with Crippen molar-refractivity contribution in [2.24, 2.45) is 0 Å². The van der Waals surface area contributed by atoms with Gasteiger partial charge in [-0.25, -0.2) is 8.42 Å². The molecule has 5 nitrogen and oxygen atoms in total. The summed E-state index contributed by atoms with van der Waals surface area (Å²) in [5, 5.41) is 4.81. The summed E-state index contributed by atoms with van der Waals surface area (Å²) in [7, 11) is -2.09. The van der Waals surface area contributed by atoms with Gasteiger partial charge in [0.2, 0.25) is 0 Å². The first-order valence-electron chi connectivity index (χ1n) is 9.74. The molecule has 3 aromatic rings. The van der Waals surface area contributed by atoms with Crippen LogP contribution < -0.4 is 9.62 Å². The first-order chi connectivity index (χ1) is 14.2. The van der Waals surface area contributed by atoms with E-state index in [0.717, 1.165) is 12.0 Å². The molecule has 0 aliphatic rings. The van der Waals surface area contributed by atoms with Crippen LogP contribution in [0.4, 0.5) is 5.69 Å². The van der Waals surface area contributed by atoms with E-state index in [1.807, 2.05) is 13.0 Å². The predicted octanol–water partition coefficient (Wildman–Crippen LogP) is 5.07. The monoisotopic (exact) mass is 442 g/mol. The van der Waals surface area contributed by atoms with Gasteiger partial charge in [-0.05, 0) is 72.7 Å². The van der Waals surface area contributed by atoms with Gasteiger partial charge < -0.3 is 5.32 Å². The van der Waals surface area contributed by atoms with Gasteiger partial charge in [0.05, 0.1) is 11.7 Å². The molecule has 158 valence electrons. The van der Waals surface area contributed by atoms with E-state index in [1.54, 1.807) is 41.8 Å². The molecule has 0 saturated carbocycles. The normalized spacial score (nSPS) is 12.4. The number of hydrogen-bond donors (Lipinski definition) is 1. The van der Waals surface area contributed by atoms with Crippen LogP contribution in [0.15, 0.2) is 64.2 Å². The van der Waals surface area contributed by atoms with Gasteiger partial charge >= 0.3 is 0 Å². The molecule has 3 rings (SSSR count). The number of hydrogen-bond acceptors (Lipinski definition) is 4. The molecule has 1 amide bonds. The number of carbonyl (C=O) groups excluding carboxylic acids is 1. The van der Waals surface area contributed by atoms with Crippen LogP contribution in [0, 0.1) is 13.8 Å². The van der Waals surface area contributed by atoms with Crippen molar-refractivity contribution in [2.75, 3.05) is 11.4 Å². The third-order valence-electron chi connectivity index (χ3n) is 5.25. The second-order valence-electron chi connectivity index (χ2n) is 7.23. The molecular weight excluding hydrogens is 416 g/mol. The third kappa shape index (κ3) is 4.57. The molecule has 0 saturated heterocycles. The lowest BCUT2D eigenvalue weighted by Crippen LogP contribution is -2.28. The molecule has 1 unspecified atom stereocenters. The summed E-state index contributed by atoms with van der Waals surface area (Å²) in [4.78, 5) is 12.8. The average Bonchev–Trinajstić information content (AvgIpc) is 3.29. The Morgan fingerprint density at radius 3 is 2.33 bits per heavy atom. The predicted molar refractivity (Wildman–Crippen MR) is 123 cm³/mol. The second kappa shape index (κ2) is 9.02. The van der Waals surface area contributed by atoms with E-state index >= 15 is 0 Å². The highest BCUT2D eigenvalue weighted by molar-refractivity contribution is 7.94. The van der Waals surface area contributed by atoms with Crippen molar-refractivity contribution in [1.82, 2.24) is 5.32 Å². The van der Waals surface area contributed by atoms with Gasteiger partial charge in [-0.1, -0.05) is 31.2 Å². The van der Waals surface area contributed by atoms with E-state index in [0.29, 0.717) is 11.3 Å². The van der Waals surface area contributed by atoms with Crippen LogP contribution in [0.25, 0.3) is 0 Å². The molecule has 0 spiro atoms. The molecule has 0 bridgehead atoms. The maximum atomic E-state index is 12.8. The Morgan fingerprint density at radius 2 is 1.77 bits per heavy atom. The van der Waals surface area contributed by atoms with E-state index < -0.39 is 10.0 Å². The van der Waals surface area contributed by atoms with Crippen molar-refractivity contribution in [3.05, 3.63) is 82.2 Å². The van der Waals surface area contributed by atoms with Gasteiger partial charge in [-0.3, -0.25) is 9.10 Å². The summed E-state index contributed by atoms with van der Waals surface area (Å²) >= 11 is 1.18. The molecule has 0 fully saturated rings. The Labute approximate surface area is 182 Å². The maximum absolute atomic E-state index is 12.8. The minimum Gasteiger partial charge on any atom is -0.345 e. The van der Waals surface area contributed by atoms with Crippen molar-refractivity contribution >= 4 is 33.0 Å². The number of anilines is 1. The van der Waals surface area contributed by atoms with Crippen LogP contribution in [0.2, 0.25) is 0 Å². The molecule has 1 atom stereocenters. The van der Waals surface area contributed by atoms with E-state index in [9.17, 15) is 13.2 Å². The lowest BCUT2D eigenvalue weighted by molar-refractivity contribution is 0.0935. The van der Waals surface area contributed by atoms with E-state index in [1.165, 1.54) is 33.8 Å². The van der Waals surface area contributed by atoms with Crippen molar-refractivity contribution in [3.63, 3.8) is 0 Å². The summed E-state index contributed by atoms with van der Waals surface area (Å²) in [6, 6.07) is 16.0. The molecule has 0 aliphatic carbocycles. The first-order valence-corrected chi connectivity index (χ1v) is 12.1. The molecule has 30 heavy (non-hydrogen) atoms. The molecule has 1 heterocycles. The van der Waals surface area contributed by atoms with Crippen LogP contribution in [0.1, 0.15) is 46.4 Å². The van der Waals surface area contributed by atoms with Crippen LogP contribution in [-0.2, 0) is 10.0 Å². The quantitative estimate of drug-likeness (QED) is 0.555. The van der Waals surface area contributed by atoms with Crippen LogP contribution in [0.3, 0.4) is 0 Å². The zero-order valence-corrected chi connectivity index (χ0v) is 19.2. The molecule has 7 heteroatoms. The van der Waals surface area contributed by atoms with Gasteiger partial charge in [-0.15, -0.1) is 11.3 Å². The van der Waals surface area contributed by atoms with E-state index in [2.05, 4.69) is 31.3 Å². The number of thiophene rings is 1. The highest BCUT2D eigenvalue weighted by Crippen LogP contribution is 2.26. The Kier molecular flexibility index (Phi) is 6.63. The van der Waals surface area contributed by atoms with Crippen LogP contribution >= 0.6 is 11.3 Å². The third-order valence-corrected chi connectivity index (χ3v) is 8.41. The van der Waals surface area contributed by atoms with Gasteiger partial charge in [-0.2, -0.15) is 0 Å². The molecule has 0 radical (unpaired) electrons. The SMILES string of the molecule is CCC(NC(=O)c1ccc(N(C)S(=O)(=O)c2cccs2)cc1)c1ccc(C)c(C)c1. The average molecular weight is 443 g/mol. The highest BCUT2D eigenvalue weighted by atomic mass is 32.2. The number of nitrogens with one attached hydrogen (secondary N) is 1. The van der Waals surface area contributed by atoms with Gasteiger partial charge in [0.1, 0.15) is 4.21 Å². The maximum Gasteiger partial charge on any atom is 0.273 e. The van der Waals surface area contributed by atoms with Gasteiger partial charge in [0.15, 0.2) is 0 Å². The lowest BCUT2D eigenvalue weighted by atomic mass is 9.99. The van der Waals surface area contributed by atoms with Crippen molar-refractivity contribution in [1.29, 1.82) is 0 Å². The van der Waals surface area contributed by atoms with Crippen molar-refractivity contribution in [2.45, 2.75) is 37.4 Å². The topological polar surface area (TPSA) is 66.5 Å². The number of rotatable bonds is 7. The number of nitrogens with zero attached hydrogens (tertiary/aromatic N) is 1. The molecule has 1 N–H and O–H groups in total. The smallest absolute Gasteiger partial charge is 0.273 e. The largest absolute Gasteiger partial charge is 0.345 e.